The van der Waals surface area contributed by atoms with Crippen molar-refractivity contribution in [2.75, 3.05) is 13.2 Å². The molecule has 96 valence electrons. The largest absolute Gasteiger partial charge is 0.461 e. The number of nitrogens with one attached hydrogen (secondary N) is 1. The van der Waals surface area contributed by atoms with Gasteiger partial charge in [-0.3, -0.25) is 0 Å². The maximum atomic E-state index is 5.45. The monoisotopic (exact) mass is 246 g/mol. The maximum absolute atomic E-state index is 5.45. The zero-order valence-electron chi connectivity index (χ0n) is 10.7. The van der Waals surface area contributed by atoms with Gasteiger partial charge in [-0.05, 0) is 12.1 Å². The zero-order chi connectivity index (χ0) is 12.8. The summed E-state index contributed by atoms with van der Waals surface area (Å²) in [5.41, 5.74) is 0.972. The molecule has 0 saturated heterocycles. The highest BCUT2D eigenvalue weighted by molar-refractivity contribution is 5.29. The lowest BCUT2D eigenvalue weighted by molar-refractivity contribution is 0.286. The summed E-state index contributed by atoms with van der Waals surface area (Å²) in [5.74, 6) is 0. The van der Waals surface area contributed by atoms with Crippen LogP contribution in [0.25, 0.3) is 5.69 Å². The molecule has 18 heavy (non-hydrogen) atoms. The van der Waals surface area contributed by atoms with Gasteiger partial charge in [0.25, 0.3) is 0 Å². The molecule has 5 heteroatoms. The number of hydrogen-bond acceptors (Lipinski definition) is 4. The van der Waals surface area contributed by atoms with Crippen LogP contribution in [0.4, 0.5) is 0 Å². The molecule has 0 saturated carbocycles. The van der Waals surface area contributed by atoms with E-state index in [1.807, 2.05) is 30.3 Å². The van der Waals surface area contributed by atoms with Crippen molar-refractivity contribution in [2.24, 2.45) is 0 Å². The number of ether oxygens (including phenoxy) is 1. The molecular weight excluding hydrogens is 228 g/mol. The van der Waals surface area contributed by atoms with E-state index in [2.05, 4.69) is 29.2 Å². The second-order valence-electron chi connectivity index (χ2n) is 4.26. The van der Waals surface area contributed by atoms with E-state index in [-0.39, 0.29) is 0 Å². The first-order valence-corrected chi connectivity index (χ1v) is 6.09. The summed E-state index contributed by atoms with van der Waals surface area (Å²) in [6, 6.07) is 10.7. The SMILES string of the molecule is CC(C)NCCOc1ncn(-c2ccccc2)n1. The van der Waals surface area contributed by atoms with Crippen molar-refractivity contribution in [1.29, 1.82) is 0 Å². The van der Waals surface area contributed by atoms with Gasteiger partial charge in [-0.2, -0.15) is 4.98 Å². The van der Waals surface area contributed by atoms with Crippen LogP contribution in [0.15, 0.2) is 36.7 Å². The molecule has 0 aliphatic rings. The van der Waals surface area contributed by atoms with E-state index in [0.717, 1.165) is 12.2 Å². The topological polar surface area (TPSA) is 52.0 Å². The third-order valence-corrected chi connectivity index (χ3v) is 2.38. The van der Waals surface area contributed by atoms with E-state index in [0.29, 0.717) is 18.7 Å². The molecule has 0 fully saturated rings. The zero-order valence-corrected chi connectivity index (χ0v) is 10.7. The molecule has 0 unspecified atom stereocenters. The van der Waals surface area contributed by atoms with E-state index >= 15 is 0 Å². The minimum atomic E-state index is 0.407. The smallest absolute Gasteiger partial charge is 0.335 e. The number of rotatable bonds is 6. The molecule has 0 aliphatic heterocycles. The van der Waals surface area contributed by atoms with Crippen molar-refractivity contribution in [1.82, 2.24) is 20.1 Å². The van der Waals surface area contributed by atoms with E-state index in [1.165, 1.54) is 0 Å². The molecule has 1 N–H and O–H groups in total. The van der Waals surface area contributed by atoms with Crippen LogP contribution in [0, 0.1) is 0 Å². The fourth-order valence-electron chi connectivity index (χ4n) is 1.51. The van der Waals surface area contributed by atoms with Crippen molar-refractivity contribution in [3.8, 4) is 11.7 Å². The van der Waals surface area contributed by atoms with Crippen LogP contribution in [0.1, 0.15) is 13.8 Å². The van der Waals surface area contributed by atoms with Gasteiger partial charge in [-0.1, -0.05) is 32.0 Å². The van der Waals surface area contributed by atoms with Gasteiger partial charge in [-0.25, -0.2) is 4.68 Å². The normalized spacial score (nSPS) is 10.8. The van der Waals surface area contributed by atoms with Crippen molar-refractivity contribution in [2.45, 2.75) is 19.9 Å². The average molecular weight is 246 g/mol. The van der Waals surface area contributed by atoms with Crippen LogP contribution in [0.5, 0.6) is 6.01 Å². The Morgan fingerprint density at radius 3 is 2.78 bits per heavy atom. The fraction of sp³-hybridized carbons (Fsp3) is 0.385. The van der Waals surface area contributed by atoms with Crippen LogP contribution in [0.3, 0.4) is 0 Å². The number of benzene rings is 1. The maximum Gasteiger partial charge on any atom is 0.335 e. The van der Waals surface area contributed by atoms with Gasteiger partial charge in [-0.15, -0.1) is 5.10 Å². The molecule has 1 heterocycles. The lowest BCUT2D eigenvalue weighted by Gasteiger charge is -2.07. The first-order chi connectivity index (χ1) is 8.75. The highest BCUT2D eigenvalue weighted by Gasteiger charge is 2.03. The predicted octanol–water partition coefficient (Wildman–Crippen LogP) is 1.64. The first-order valence-electron chi connectivity index (χ1n) is 6.09. The van der Waals surface area contributed by atoms with E-state index in [9.17, 15) is 0 Å². The van der Waals surface area contributed by atoms with Gasteiger partial charge >= 0.3 is 6.01 Å². The summed E-state index contributed by atoms with van der Waals surface area (Å²) in [7, 11) is 0. The van der Waals surface area contributed by atoms with Gasteiger partial charge < -0.3 is 10.1 Å². The Labute approximate surface area is 107 Å². The second-order valence-corrected chi connectivity index (χ2v) is 4.26. The van der Waals surface area contributed by atoms with Gasteiger partial charge in [0.2, 0.25) is 0 Å². The molecule has 2 aromatic rings. The molecule has 0 spiro atoms. The fourth-order valence-corrected chi connectivity index (χ4v) is 1.51. The minimum absolute atomic E-state index is 0.407. The Hall–Kier alpha value is -1.88. The van der Waals surface area contributed by atoms with Crippen LogP contribution in [0.2, 0.25) is 0 Å². The molecule has 0 radical (unpaired) electrons. The molecule has 0 aliphatic carbocycles. The standard InChI is InChI=1S/C13H18N4O/c1-11(2)14-8-9-18-13-15-10-17(16-13)12-6-4-3-5-7-12/h3-7,10-11,14H,8-9H2,1-2H3. The molecule has 1 aromatic carbocycles. The Kier molecular flexibility index (Phi) is 4.30. The van der Waals surface area contributed by atoms with Crippen molar-refractivity contribution < 1.29 is 4.74 Å². The summed E-state index contributed by atoms with van der Waals surface area (Å²) in [5, 5.41) is 7.52. The summed E-state index contributed by atoms with van der Waals surface area (Å²) in [6.07, 6.45) is 1.65. The van der Waals surface area contributed by atoms with E-state index in [4.69, 9.17) is 4.74 Å². The summed E-state index contributed by atoms with van der Waals surface area (Å²) in [4.78, 5) is 4.11. The third kappa shape index (κ3) is 3.56. The second kappa shape index (κ2) is 6.16. The molecule has 0 amide bonds. The van der Waals surface area contributed by atoms with Gasteiger partial charge in [0.1, 0.15) is 12.9 Å². The number of hydrogen-bond donors (Lipinski definition) is 1. The highest BCUT2D eigenvalue weighted by Crippen LogP contribution is 2.07. The lowest BCUT2D eigenvalue weighted by Crippen LogP contribution is -2.27. The van der Waals surface area contributed by atoms with Crippen LogP contribution in [-0.2, 0) is 0 Å². The lowest BCUT2D eigenvalue weighted by atomic mass is 10.3. The molecule has 5 nitrogen and oxygen atoms in total. The molecule has 2 rings (SSSR count). The van der Waals surface area contributed by atoms with Gasteiger partial charge in [0.05, 0.1) is 5.69 Å². The van der Waals surface area contributed by atoms with Crippen LogP contribution in [-0.4, -0.2) is 34.0 Å². The number of aromatic nitrogens is 3. The number of nitrogens with zero attached hydrogens (tertiary/aromatic N) is 3. The minimum Gasteiger partial charge on any atom is -0.461 e. The third-order valence-electron chi connectivity index (χ3n) is 2.38. The Balaban J connectivity index is 1.87. The quantitative estimate of drug-likeness (QED) is 0.787. The predicted molar refractivity (Wildman–Crippen MR) is 70.0 cm³/mol. The van der Waals surface area contributed by atoms with Crippen molar-refractivity contribution in [3.63, 3.8) is 0 Å². The summed E-state index contributed by atoms with van der Waals surface area (Å²) < 4.78 is 7.15. The molecular formula is C13H18N4O. The Morgan fingerprint density at radius 2 is 2.06 bits per heavy atom. The molecule has 1 aromatic heterocycles. The summed E-state index contributed by atoms with van der Waals surface area (Å²) in [6.45, 7) is 5.55. The van der Waals surface area contributed by atoms with Gasteiger partial charge in [0.15, 0.2) is 0 Å². The average Bonchev–Trinajstić information content (AvgIpc) is 2.84. The van der Waals surface area contributed by atoms with Crippen LogP contribution >= 0.6 is 0 Å². The van der Waals surface area contributed by atoms with Crippen molar-refractivity contribution in [3.05, 3.63) is 36.7 Å². The highest BCUT2D eigenvalue weighted by atomic mass is 16.5. The Morgan fingerprint density at radius 1 is 1.28 bits per heavy atom. The van der Waals surface area contributed by atoms with Crippen molar-refractivity contribution >= 4 is 0 Å². The molecule has 0 bridgehead atoms. The van der Waals surface area contributed by atoms with E-state index < -0.39 is 0 Å². The Bertz CT molecular complexity index is 467. The summed E-state index contributed by atoms with van der Waals surface area (Å²) >= 11 is 0. The molecule has 0 atom stereocenters. The van der Waals surface area contributed by atoms with E-state index in [1.54, 1.807) is 11.0 Å². The van der Waals surface area contributed by atoms with Gasteiger partial charge in [0, 0.05) is 12.6 Å². The first kappa shape index (κ1) is 12.6. The van der Waals surface area contributed by atoms with Crippen LogP contribution < -0.4 is 10.1 Å². The number of para-hydroxylation sites is 1.